The summed E-state index contributed by atoms with van der Waals surface area (Å²) in [5.41, 5.74) is 1.99. The van der Waals surface area contributed by atoms with Crippen LogP contribution in [-0.4, -0.2) is 29.5 Å². The first-order valence-electron chi connectivity index (χ1n) is 9.20. The van der Waals surface area contributed by atoms with Crippen LogP contribution in [0.3, 0.4) is 0 Å². The van der Waals surface area contributed by atoms with Gasteiger partial charge in [-0.3, -0.25) is 0 Å². The van der Waals surface area contributed by atoms with Crippen molar-refractivity contribution in [1.29, 1.82) is 0 Å². The summed E-state index contributed by atoms with van der Waals surface area (Å²) in [6, 6.07) is 0. The van der Waals surface area contributed by atoms with Crippen LogP contribution in [0.1, 0.15) is 63.1 Å². The number of likely N-dealkylation sites (tertiary alicyclic amines) is 1. The molecule has 2 heterocycles. The molecule has 1 aromatic rings. The molecule has 0 N–H and O–H groups in total. The molecule has 1 saturated heterocycles. The molecule has 0 radical (unpaired) electrons. The van der Waals surface area contributed by atoms with E-state index in [0.29, 0.717) is 5.41 Å². The van der Waals surface area contributed by atoms with Crippen molar-refractivity contribution in [3.8, 4) is 0 Å². The van der Waals surface area contributed by atoms with E-state index in [1.807, 2.05) is 0 Å². The smallest absolute Gasteiger partial charge is 0.0897 e. The van der Waals surface area contributed by atoms with Gasteiger partial charge in [0.25, 0.3) is 0 Å². The third-order valence-corrected chi connectivity index (χ3v) is 7.01. The molecule has 3 heteroatoms. The molecule has 2 nitrogen and oxygen atoms in total. The molecular formula is C19H32N2S. The summed E-state index contributed by atoms with van der Waals surface area (Å²) >= 11 is 1.78. The number of rotatable bonds is 4. The maximum Gasteiger partial charge on any atom is 0.0897 e. The lowest BCUT2D eigenvalue weighted by Gasteiger charge is -2.47. The van der Waals surface area contributed by atoms with E-state index in [1.165, 1.54) is 68.9 Å². The summed E-state index contributed by atoms with van der Waals surface area (Å²) in [5, 5.41) is 3.43. The number of aryl methyl sites for hydroxylation is 1. The number of piperidine rings is 1. The zero-order valence-corrected chi connectivity index (χ0v) is 15.4. The molecule has 22 heavy (non-hydrogen) atoms. The lowest BCUT2D eigenvalue weighted by atomic mass is 9.62. The Labute approximate surface area is 140 Å². The normalized spacial score (nSPS) is 25.9. The minimum atomic E-state index is 0.695. The monoisotopic (exact) mass is 320 g/mol. The van der Waals surface area contributed by atoms with Gasteiger partial charge in [-0.2, -0.15) is 0 Å². The van der Waals surface area contributed by atoms with E-state index in [-0.39, 0.29) is 0 Å². The van der Waals surface area contributed by atoms with Crippen molar-refractivity contribution < 1.29 is 0 Å². The van der Waals surface area contributed by atoms with Crippen LogP contribution in [0.5, 0.6) is 0 Å². The van der Waals surface area contributed by atoms with Gasteiger partial charge in [-0.15, -0.1) is 11.3 Å². The number of hydrogen-bond acceptors (Lipinski definition) is 3. The zero-order valence-electron chi connectivity index (χ0n) is 14.6. The van der Waals surface area contributed by atoms with Crippen LogP contribution in [0.15, 0.2) is 5.38 Å². The first-order valence-corrected chi connectivity index (χ1v) is 10.1. The van der Waals surface area contributed by atoms with Crippen LogP contribution in [0, 0.1) is 24.2 Å². The van der Waals surface area contributed by atoms with Gasteiger partial charge in [0.2, 0.25) is 0 Å². The van der Waals surface area contributed by atoms with E-state index in [4.69, 9.17) is 0 Å². The van der Waals surface area contributed by atoms with E-state index in [9.17, 15) is 0 Å². The highest BCUT2D eigenvalue weighted by molar-refractivity contribution is 7.09. The average Bonchev–Trinajstić information content (AvgIpc) is 2.92. The van der Waals surface area contributed by atoms with Crippen LogP contribution < -0.4 is 0 Å². The minimum absolute atomic E-state index is 0.695. The molecule has 124 valence electrons. The molecule has 1 aliphatic carbocycles. The second-order valence-electron chi connectivity index (χ2n) is 8.05. The highest BCUT2D eigenvalue weighted by Gasteiger charge is 2.39. The van der Waals surface area contributed by atoms with Crippen LogP contribution in [0.2, 0.25) is 0 Å². The van der Waals surface area contributed by atoms with Gasteiger partial charge < -0.3 is 4.90 Å². The molecule has 1 spiro atoms. The number of thiazole rings is 1. The molecule has 3 rings (SSSR count). The Balaban J connectivity index is 1.47. The first kappa shape index (κ1) is 16.4. The van der Waals surface area contributed by atoms with Gasteiger partial charge in [0.1, 0.15) is 0 Å². The quantitative estimate of drug-likeness (QED) is 0.782. The Kier molecular flexibility index (Phi) is 5.24. The van der Waals surface area contributed by atoms with Crippen molar-refractivity contribution >= 4 is 11.3 Å². The van der Waals surface area contributed by atoms with Crippen molar-refractivity contribution in [3.63, 3.8) is 0 Å². The number of nitrogens with zero attached hydrogens (tertiary/aromatic N) is 2. The minimum Gasteiger partial charge on any atom is -0.303 e. The maximum absolute atomic E-state index is 4.60. The fourth-order valence-corrected chi connectivity index (χ4v) is 5.22. The van der Waals surface area contributed by atoms with Gasteiger partial charge in [0, 0.05) is 18.3 Å². The summed E-state index contributed by atoms with van der Waals surface area (Å²) in [7, 11) is 0. The first-order chi connectivity index (χ1) is 10.6. The van der Waals surface area contributed by atoms with Gasteiger partial charge in [0.05, 0.1) is 10.7 Å². The highest BCUT2D eigenvalue weighted by atomic mass is 32.1. The summed E-state index contributed by atoms with van der Waals surface area (Å²) in [6.07, 6.45) is 9.96. The fourth-order valence-electron chi connectivity index (χ4n) is 4.57. The van der Waals surface area contributed by atoms with E-state index < -0.39 is 0 Å². The Morgan fingerprint density at radius 1 is 1.32 bits per heavy atom. The molecule has 2 fully saturated rings. The molecule has 1 atom stereocenters. The zero-order chi connectivity index (χ0) is 15.6. The van der Waals surface area contributed by atoms with Crippen LogP contribution in [-0.2, 0) is 6.42 Å². The predicted molar refractivity (Wildman–Crippen MR) is 95.5 cm³/mol. The van der Waals surface area contributed by atoms with E-state index in [1.54, 1.807) is 11.3 Å². The van der Waals surface area contributed by atoms with Gasteiger partial charge >= 0.3 is 0 Å². The molecular weight excluding hydrogens is 288 g/mol. The average molecular weight is 321 g/mol. The summed E-state index contributed by atoms with van der Waals surface area (Å²) in [5.74, 6) is 1.86. The molecule has 1 aromatic heterocycles. The molecule has 2 aliphatic rings. The highest BCUT2D eigenvalue weighted by Crippen LogP contribution is 2.48. The topological polar surface area (TPSA) is 16.1 Å². The fraction of sp³-hybridized carbons (Fsp3) is 0.842. The Bertz CT molecular complexity index is 472. The molecule has 1 aliphatic heterocycles. The Hall–Kier alpha value is -0.410. The second-order valence-corrected chi connectivity index (χ2v) is 9.11. The lowest BCUT2D eigenvalue weighted by molar-refractivity contribution is 0.0345. The van der Waals surface area contributed by atoms with Crippen molar-refractivity contribution in [2.45, 2.75) is 65.7 Å². The lowest BCUT2D eigenvalue weighted by Crippen LogP contribution is -2.43. The van der Waals surface area contributed by atoms with Gasteiger partial charge in [-0.1, -0.05) is 26.7 Å². The van der Waals surface area contributed by atoms with Crippen LogP contribution >= 0.6 is 11.3 Å². The Morgan fingerprint density at radius 2 is 2.09 bits per heavy atom. The molecule has 0 bridgehead atoms. The summed E-state index contributed by atoms with van der Waals surface area (Å²) in [6.45, 7) is 10.8. The van der Waals surface area contributed by atoms with Gasteiger partial charge in [-0.05, 0) is 62.9 Å². The molecule has 1 unspecified atom stereocenters. The Morgan fingerprint density at radius 3 is 2.73 bits per heavy atom. The largest absolute Gasteiger partial charge is 0.303 e. The number of aromatic nitrogens is 1. The van der Waals surface area contributed by atoms with E-state index in [0.717, 1.165) is 18.3 Å². The van der Waals surface area contributed by atoms with E-state index >= 15 is 0 Å². The van der Waals surface area contributed by atoms with Crippen molar-refractivity contribution in [2.75, 3.05) is 19.6 Å². The predicted octanol–water partition coefficient (Wildman–Crippen LogP) is 4.92. The standard InChI is InChI=1S/C19H32N2S/c1-15(2)17-5-4-7-19(13-17)8-11-21(12-9-19)10-6-18-14-22-16(3)20-18/h14-15,17H,4-13H2,1-3H3. The molecule has 0 aromatic carbocycles. The summed E-state index contributed by atoms with van der Waals surface area (Å²) in [4.78, 5) is 7.28. The molecule has 0 amide bonds. The second kappa shape index (κ2) is 7.00. The van der Waals surface area contributed by atoms with Crippen LogP contribution in [0.25, 0.3) is 0 Å². The third-order valence-electron chi connectivity index (χ3n) is 6.19. The summed E-state index contributed by atoms with van der Waals surface area (Å²) < 4.78 is 0. The van der Waals surface area contributed by atoms with E-state index in [2.05, 4.69) is 36.0 Å². The molecule has 1 saturated carbocycles. The maximum atomic E-state index is 4.60. The van der Waals surface area contributed by atoms with Gasteiger partial charge in [-0.25, -0.2) is 4.98 Å². The number of hydrogen-bond donors (Lipinski definition) is 0. The SMILES string of the molecule is Cc1nc(CCN2CCC3(CCCC(C(C)C)C3)CC2)cs1. The van der Waals surface area contributed by atoms with Crippen molar-refractivity contribution in [1.82, 2.24) is 9.88 Å². The van der Waals surface area contributed by atoms with Crippen LogP contribution in [0.4, 0.5) is 0 Å². The van der Waals surface area contributed by atoms with Gasteiger partial charge in [0.15, 0.2) is 0 Å². The third kappa shape index (κ3) is 3.91. The van der Waals surface area contributed by atoms with Crippen molar-refractivity contribution in [2.24, 2.45) is 17.3 Å². The van der Waals surface area contributed by atoms with Crippen molar-refractivity contribution in [3.05, 3.63) is 16.1 Å².